The van der Waals surface area contributed by atoms with Crippen LogP contribution in [0.5, 0.6) is 5.75 Å². The molecule has 0 saturated carbocycles. The van der Waals surface area contributed by atoms with Gasteiger partial charge >= 0.3 is 6.18 Å². The van der Waals surface area contributed by atoms with Crippen molar-refractivity contribution in [3.05, 3.63) is 30.0 Å². The summed E-state index contributed by atoms with van der Waals surface area (Å²) in [6, 6.07) is 4.50. The van der Waals surface area contributed by atoms with E-state index in [9.17, 15) is 13.2 Å². The topological polar surface area (TPSA) is 22.4 Å². The average Bonchev–Trinajstić information content (AvgIpc) is 2.59. The number of methoxy groups -OCH3 is 1. The number of rotatable bonds is 1. The SMILES string of the molecule is COc1cccc2occ(C(F)(F)F)c12. The molecule has 0 amide bonds. The Kier molecular flexibility index (Phi) is 2.10. The second-order valence-electron chi connectivity index (χ2n) is 2.98. The van der Waals surface area contributed by atoms with Crippen LogP contribution in [0.2, 0.25) is 0 Å². The lowest BCUT2D eigenvalue weighted by Gasteiger charge is -2.06. The molecule has 1 heterocycles. The molecule has 0 N–H and O–H groups in total. The van der Waals surface area contributed by atoms with E-state index in [0.717, 1.165) is 0 Å². The minimum atomic E-state index is -4.43. The van der Waals surface area contributed by atoms with Crippen LogP contribution < -0.4 is 4.74 Å². The quantitative estimate of drug-likeness (QED) is 0.728. The smallest absolute Gasteiger partial charge is 0.420 e. The zero-order valence-corrected chi connectivity index (χ0v) is 7.76. The monoisotopic (exact) mass is 216 g/mol. The first-order chi connectivity index (χ1) is 7.04. The van der Waals surface area contributed by atoms with Gasteiger partial charge in [0.05, 0.1) is 12.5 Å². The number of fused-ring (bicyclic) bond motifs is 1. The number of hydrogen-bond acceptors (Lipinski definition) is 2. The third kappa shape index (κ3) is 1.54. The van der Waals surface area contributed by atoms with Gasteiger partial charge in [-0.2, -0.15) is 13.2 Å². The fourth-order valence-corrected chi connectivity index (χ4v) is 1.43. The van der Waals surface area contributed by atoms with Crippen LogP contribution in [-0.2, 0) is 6.18 Å². The highest BCUT2D eigenvalue weighted by Gasteiger charge is 2.35. The van der Waals surface area contributed by atoms with Gasteiger partial charge in [-0.3, -0.25) is 0 Å². The Hall–Kier alpha value is -1.65. The van der Waals surface area contributed by atoms with Gasteiger partial charge in [0, 0.05) is 0 Å². The number of furan rings is 1. The van der Waals surface area contributed by atoms with Crippen molar-refractivity contribution in [3.63, 3.8) is 0 Å². The molecule has 1 aromatic heterocycles. The fraction of sp³-hybridized carbons (Fsp3) is 0.200. The van der Waals surface area contributed by atoms with Crippen LogP contribution in [0.1, 0.15) is 5.56 Å². The lowest BCUT2D eigenvalue weighted by molar-refractivity contribution is -0.136. The standard InChI is InChI=1S/C10H7F3O2/c1-14-7-3-2-4-8-9(7)6(5-15-8)10(11,12)13/h2-5H,1H3. The zero-order valence-electron chi connectivity index (χ0n) is 7.76. The highest BCUT2D eigenvalue weighted by Crippen LogP contribution is 2.40. The van der Waals surface area contributed by atoms with Crippen LogP contribution in [0.25, 0.3) is 11.0 Å². The number of hydrogen-bond donors (Lipinski definition) is 0. The van der Waals surface area contributed by atoms with Gasteiger partial charge in [0.15, 0.2) is 0 Å². The molecule has 2 aromatic rings. The predicted molar refractivity (Wildman–Crippen MR) is 47.8 cm³/mol. The van der Waals surface area contributed by atoms with Crippen molar-refractivity contribution in [1.29, 1.82) is 0 Å². The largest absolute Gasteiger partial charge is 0.496 e. The molecule has 0 aliphatic heterocycles. The summed E-state index contributed by atoms with van der Waals surface area (Å²) in [5.41, 5.74) is -0.642. The van der Waals surface area contributed by atoms with Crippen LogP contribution in [0, 0.1) is 0 Å². The zero-order chi connectivity index (χ0) is 11.1. The Labute approximate surface area is 83.2 Å². The maximum atomic E-state index is 12.6. The van der Waals surface area contributed by atoms with Gasteiger partial charge in [-0.25, -0.2) is 0 Å². The summed E-state index contributed by atoms with van der Waals surface area (Å²) in [5, 5.41) is -0.0347. The summed E-state index contributed by atoms with van der Waals surface area (Å²) in [4.78, 5) is 0. The molecule has 0 fully saturated rings. The number of benzene rings is 1. The second kappa shape index (κ2) is 3.18. The van der Waals surface area contributed by atoms with Gasteiger partial charge in [0.2, 0.25) is 0 Å². The van der Waals surface area contributed by atoms with E-state index in [4.69, 9.17) is 9.15 Å². The van der Waals surface area contributed by atoms with Crippen molar-refractivity contribution in [3.8, 4) is 5.75 Å². The predicted octanol–water partition coefficient (Wildman–Crippen LogP) is 3.46. The Morgan fingerprint density at radius 2 is 2.00 bits per heavy atom. The lowest BCUT2D eigenvalue weighted by atomic mass is 10.1. The van der Waals surface area contributed by atoms with E-state index in [1.54, 1.807) is 6.07 Å². The van der Waals surface area contributed by atoms with E-state index in [2.05, 4.69) is 0 Å². The molecular formula is C10H7F3O2. The minimum absolute atomic E-state index is 0.0347. The van der Waals surface area contributed by atoms with Crippen LogP contribution in [-0.4, -0.2) is 7.11 Å². The van der Waals surface area contributed by atoms with E-state index in [1.807, 2.05) is 0 Å². The Morgan fingerprint density at radius 1 is 1.27 bits per heavy atom. The number of halogens is 3. The molecule has 1 aromatic carbocycles. The van der Waals surface area contributed by atoms with Gasteiger partial charge in [0.1, 0.15) is 23.2 Å². The summed E-state index contributed by atoms with van der Waals surface area (Å²) in [5.74, 6) is 0.161. The van der Waals surface area contributed by atoms with E-state index < -0.39 is 11.7 Å². The van der Waals surface area contributed by atoms with Gasteiger partial charge in [-0.05, 0) is 12.1 Å². The summed E-state index contributed by atoms with van der Waals surface area (Å²) in [6.07, 6.45) is -3.73. The molecule has 0 aliphatic carbocycles. The Balaban J connectivity index is 2.77. The summed E-state index contributed by atoms with van der Waals surface area (Å²) < 4.78 is 47.3. The van der Waals surface area contributed by atoms with Crippen molar-refractivity contribution >= 4 is 11.0 Å². The summed E-state index contributed by atoms with van der Waals surface area (Å²) in [6.45, 7) is 0. The van der Waals surface area contributed by atoms with Crippen LogP contribution in [0.4, 0.5) is 13.2 Å². The molecule has 2 nitrogen and oxygen atoms in total. The second-order valence-corrected chi connectivity index (χ2v) is 2.98. The van der Waals surface area contributed by atoms with Gasteiger partial charge in [-0.1, -0.05) is 6.07 Å². The van der Waals surface area contributed by atoms with E-state index in [-0.39, 0.29) is 16.7 Å². The van der Waals surface area contributed by atoms with Gasteiger partial charge in [-0.15, -0.1) is 0 Å². The maximum absolute atomic E-state index is 12.6. The van der Waals surface area contributed by atoms with Crippen molar-refractivity contribution in [1.82, 2.24) is 0 Å². The normalized spacial score (nSPS) is 12.0. The van der Waals surface area contributed by atoms with Crippen molar-refractivity contribution in [2.75, 3.05) is 7.11 Å². The molecule has 5 heteroatoms. The van der Waals surface area contributed by atoms with Crippen molar-refractivity contribution in [2.45, 2.75) is 6.18 Å². The van der Waals surface area contributed by atoms with Crippen molar-refractivity contribution < 1.29 is 22.3 Å². The fourth-order valence-electron chi connectivity index (χ4n) is 1.43. The Bertz CT molecular complexity index is 485. The highest BCUT2D eigenvalue weighted by atomic mass is 19.4. The summed E-state index contributed by atoms with van der Waals surface area (Å²) >= 11 is 0. The number of alkyl halides is 3. The molecular weight excluding hydrogens is 209 g/mol. The molecule has 0 aliphatic rings. The first-order valence-corrected chi connectivity index (χ1v) is 4.15. The summed E-state index contributed by atoms with van der Waals surface area (Å²) in [7, 11) is 1.32. The van der Waals surface area contributed by atoms with Crippen LogP contribution in [0.15, 0.2) is 28.9 Å². The highest BCUT2D eigenvalue weighted by molar-refractivity contribution is 5.87. The van der Waals surface area contributed by atoms with E-state index in [0.29, 0.717) is 6.26 Å². The molecule has 0 saturated heterocycles. The Morgan fingerprint density at radius 3 is 2.60 bits per heavy atom. The van der Waals surface area contributed by atoms with Crippen molar-refractivity contribution in [2.24, 2.45) is 0 Å². The molecule has 15 heavy (non-hydrogen) atoms. The molecule has 0 atom stereocenters. The first kappa shape index (κ1) is 9.89. The van der Waals surface area contributed by atoms with Gasteiger partial charge < -0.3 is 9.15 Å². The van der Waals surface area contributed by atoms with Gasteiger partial charge in [0.25, 0.3) is 0 Å². The lowest BCUT2D eigenvalue weighted by Crippen LogP contribution is -2.03. The average molecular weight is 216 g/mol. The molecule has 80 valence electrons. The molecule has 0 bridgehead atoms. The van der Waals surface area contributed by atoms with Crippen LogP contribution in [0.3, 0.4) is 0 Å². The van der Waals surface area contributed by atoms with Crippen LogP contribution >= 0.6 is 0 Å². The molecule has 0 unspecified atom stereocenters. The maximum Gasteiger partial charge on any atom is 0.420 e. The molecule has 0 radical (unpaired) electrons. The molecule has 0 spiro atoms. The third-order valence-electron chi connectivity index (χ3n) is 2.09. The molecule has 2 rings (SSSR count). The number of ether oxygens (including phenoxy) is 1. The van der Waals surface area contributed by atoms with E-state index in [1.165, 1.54) is 19.2 Å². The van der Waals surface area contributed by atoms with E-state index >= 15 is 0 Å². The third-order valence-corrected chi connectivity index (χ3v) is 2.09. The first-order valence-electron chi connectivity index (χ1n) is 4.15. The minimum Gasteiger partial charge on any atom is -0.496 e.